The van der Waals surface area contributed by atoms with Gasteiger partial charge in [0.05, 0.1) is 7.11 Å². The molecule has 0 N–H and O–H groups in total. The van der Waals surface area contributed by atoms with Gasteiger partial charge in [-0.1, -0.05) is 30.3 Å². The lowest BCUT2D eigenvalue weighted by molar-refractivity contribution is 0.372. The summed E-state index contributed by atoms with van der Waals surface area (Å²) in [6, 6.07) is 14.2. The van der Waals surface area contributed by atoms with Crippen LogP contribution in [-0.4, -0.2) is 11.7 Å². The molecule has 2 heteroatoms. The fraction of sp³-hybridized carbons (Fsp3) is 0.143. The second kappa shape index (κ2) is 4.71. The molecule has 16 heavy (non-hydrogen) atoms. The van der Waals surface area contributed by atoms with Gasteiger partial charge in [-0.25, -0.2) is 0 Å². The molecule has 0 bridgehead atoms. The largest absolute Gasteiger partial charge is 0.496 e. The molecule has 0 aliphatic heterocycles. The van der Waals surface area contributed by atoms with E-state index in [9.17, 15) is 0 Å². The molecule has 0 saturated heterocycles. The van der Waals surface area contributed by atoms with E-state index in [1.807, 2.05) is 55.7 Å². The van der Waals surface area contributed by atoms with Crippen LogP contribution in [0.1, 0.15) is 11.3 Å². The van der Waals surface area contributed by atoms with Gasteiger partial charge in [0.15, 0.2) is 0 Å². The van der Waals surface area contributed by atoms with Gasteiger partial charge in [0.2, 0.25) is 0 Å². The molecule has 0 amide bonds. The van der Waals surface area contributed by atoms with Gasteiger partial charge in [-0.3, -0.25) is 0 Å². The second-order valence-electron chi connectivity index (χ2n) is 3.62. The Morgan fingerprint density at radius 1 is 1.12 bits per heavy atom. The third kappa shape index (κ3) is 2.16. The maximum Gasteiger partial charge on any atom is 0.128 e. The summed E-state index contributed by atoms with van der Waals surface area (Å²) in [4.78, 5) is 0. The lowest BCUT2D eigenvalue weighted by atomic mass is 10.1. The molecule has 1 heterocycles. The first-order chi connectivity index (χ1) is 7.81. The zero-order valence-electron chi connectivity index (χ0n) is 9.55. The Bertz CT molecular complexity index is 482. The highest BCUT2D eigenvalue weighted by atomic mass is 16.5. The predicted octanol–water partition coefficient (Wildman–Crippen LogP) is 3.17. The molecule has 0 unspecified atom stereocenters. The number of hydrogen-bond acceptors (Lipinski definition) is 1. The SMILES string of the molecule is CO/C(=C/c1cccn1C)c1ccccc1. The number of hydrogen-bond donors (Lipinski definition) is 0. The van der Waals surface area contributed by atoms with E-state index in [2.05, 4.69) is 10.6 Å². The van der Waals surface area contributed by atoms with Crippen molar-refractivity contribution in [2.24, 2.45) is 7.05 Å². The minimum Gasteiger partial charge on any atom is -0.496 e. The first-order valence-corrected chi connectivity index (χ1v) is 5.23. The molecule has 1 aromatic heterocycles. The Morgan fingerprint density at radius 2 is 1.88 bits per heavy atom. The molecule has 0 spiro atoms. The number of nitrogens with zero attached hydrogens (tertiary/aromatic N) is 1. The molecule has 82 valence electrons. The Hall–Kier alpha value is -1.96. The summed E-state index contributed by atoms with van der Waals surface area (Å²) < 4.78 is 7.47. The zero-order valence-corrected chi connectivity index (χ0v) is 9.55. The van der Waals surface area contributed by atoms with Gasteiger partial charge in [-0.15, -0.1) is 0 Å². The van der Waals surface area contributed by atoms with Gasteiger partial charge in [-0.05, 0) is 12.1 Å². The van der Waals surface area contributed by atoms with Gasteiger partial charge in [-0.2, -0.15) is 0 Å². The number of ether oxygens (including phenoxy) is 1. The summed E-state index contributed by atoms with van der Waals surface area (Å²) in [5.41, 5.74) is 2.21. The highest BCUT2D eigenvalue weighted by Crippen LogP contribution is 2.18. The summed E-state index contributed by atoms with van der Waals surface area (Å²) in [6.45, 7) is 0. The maximum absolute atomic E-state index is 5.41. The molecule has 0 atom stereocenters. The van der Waals surface area contributed by atoms with E-state index < -0.39 is 0 Å². The van der Waals surface area contributed by atoms with Crippen LogP contribution in [0, 0.1) is 0 Å². The molecule has 0 aliphatic rings. The standard InChI is InChI=1S/C14H15NO/c1-15-10-6-9-13(15)11-14(16-2)12-7-4-3-5-8-12/h3-11H,1-2H3/b14-11+. The van der Waals surface area contributed by atoms with Crippen molar-refractivity contribution in [3.8, 4) is 0 Å². The van der Waals surface area contributed by atoms with E-state index in [1.165, 1.54) is 0 Å². The zero-order chi connectivity index (χ0) is 11.4. The van der Waals surface area contributed by atoms with Crippen molar-refractivity contribution in [2.75, 3.05) is 7.11 Å². The molecule has 2 aromatic rings. The monoisotopic (exact) mass is 213 g/mol. The highest BCUT2D eigenvalue weighted by Gasteiger charge is 2.01. The average molecular weight is 213 g/mol. The van der Waals surface area contributed by atoms with Crippen molar-refractivity contribution in [1.29, 1.82) is 0 Å². The van der Waals surface area contributed by atoms with E-state index in [0.29, 0.717) is 0 Å². The Kier molecular flexibility index (Phi) is 3.10. The van der Waals surface area contributed by atoms with E-state index in [0.717, 1.165) is 17.0 Å². The summed E-state index contributed by atoms with van der Waals surface area (Å²) >= 11 is 0. The molecule has 0 fully saturated rings. The smallest absolute Gasteiger partial charge is 0.128 e. The van der Waals surface area contributed by atoms with Crippen LogP contribution in [0.2, 0.25) is 0 Å². The summed E-state index contributed by atoms with van der Waals surface area (Å²) in [5, 5.41) is 0. The molecule has 2 rings (SSSR count). The summed E-state index contributed by atoms with van der Waals surface area (Å²) in [5.74, 6) is 0.877. The Balaban J connectivity index is 2.37. The molecule has 1 aromatic carbocycles. The van der Waals surface area contributed by atoms with E-state index in [-0.39, 0.29) is 0 Å². The van der Waals surface area contributed by atoms with Gasteiger partial charge in [0, 0.05) is 30.6 Å². The first kappa shape index (κ1) is 10.6. The second-order valence-corrected chi connectivity index (χ2v) is 3.62. The van der Waals surface area contributed by atoms with Crippen molar-refractivity contribution < 1.29 is 4.74 Å². The van der Waals surface area contributed by atoms with Crippen LogP contribution >= 0.6 is 0 Å². The first-order valence-electron chi connectivity index (χ1n) is 5.23. The fourth-order valence-electron chi connectivity index (χ4n) is 1.62. The Labute approximate surface area is 95.8 Å². The molecular weight excluding hydrogens is 198 g/mol. The van der Waals surface area contributed by atoms with Crippen LogP contribution in [0.3, 0.4) is 0 Å². The van der Waals surface area contributed by atoms with Crippen molar-refractivity contribution >= 4 is 11.8 Å². The third-order valence-electron chi connectivity index (χ3n) is 2.54. The van der Waals surface area contributed by atoms with Gasteiger partial charge >= 0.3 is 0 Å². The van der Waals surface area contributed by atoms with E-state index in [4.69, 9.17) is 4.74 Å². The van der Waals surface area contributed by atoms with Gasteiger partial charge in [0.1, 0.15) is 5.76 Å². The average Bonchev–Trinajstić information content (AvgIpc) is 2.73. The number of aromatic nitrogens is 1. The van der Waals surface area contributed by atoms with Crippen LogP contribution in [-0.2, 0) is 11.8 Å². The molecular formula is C14H15NO. The lowest BCUT2D eigenvalue weighted by Gasteiger charge is -2.06. The number of aryl methyl sites for hydroxylation is 1. The maximum atomic E-state index is 5.41. The summed E-state index contributed by atoms with van der Waals surface area (Å²) in [6.07, 6.45) is 4.06. The van der Waals surface area contributed by atoms with Crippen LogP contribution in [0.5, 0.6) is 0 Å². The van der Waals surface area contributed by atoms with Gasteiger partial charge < -0.3 is 9.30 Å². The van der Waals surface area contributed by atoms with Gasteiger partial charge in [0.25, 0.3) is 0 Å². The van der Waals surface area contributed by atoms with Crippen molar-refractivity contribution in [1.82, 2.24) is 4.57 Å². The normalized spacial score (nSPS) is 11.5. The van der Waals surface area contributed by atoms with Crippen molar-refractivity contribution in [3.05, 3.63) is 59.9 Å². The van der Waals surface area contributed by atoms with Crippen LogP contribution < -0.4 is 0 Å². The van der Waals surface area contributed by atoms with E-state index in [1.54, 1.807) is 7.11 Å². The third-order valence-corrected chi connectivity index (χ3v) is 2.54. The van der Waals surface area contributed by atoms with Crippen LogP contribution in [0.4, 0.5) is 0 Å². The Morgan fingerprint density at radius 3 is 2.44 bits per heavy atom. The minimum absolute atomic E-state index is 0.877. The molecule has 0 aliphatic carbocycles. The van der Waals surface area contributed by atoms with Crippen LogP contribution in [0.15, 0.2) is 48.7 Å². The molecule has 0 radical (unpaired) electrons. The van der Waals surface area contributed by atoms with Crippen LogP contribution in [0.25, 0.3) is 11.8 Å². The molecule has 0 saturated carbocycles. The lowest BCUT2D eigenvalue weighted by Crippen LogP contribution is -1.91. The number of rotatable bonds is 3. The number of methoxy groups -OCH3 is 1. The quantitative estimate of drug-likeness (QED) is 0.714. The van der Waals surface area contributed by atoms with Crippen molar-refractivity contribution in [2.45, 2.75) is 0 Å². The van der Waals surface area contributed by atoms with Crippen molar-refractivity contribution in [3.63, 3.8) is 0 Å². The molecule has 2 nitrogen and oxygen atoms in total. The predicted molar refractivity (Wildman–Crippen MR) is 66.7 cm³/mol. The topological polar surface area (TPSA) is 14.2 Å². The van der Waals surface area contributed by atoms with E-state index >= 15 is 0 Å². The summed E-state index contributed by atoms with van der Waals surface area (Å²) in [7, 11) is 3.71. The highest BCUT2D eigenvalue weighted by molar-refractivity contribution is 5.76. The minimum atomic E-state index is 0.877. The fourth-order valence-corrected chi connectivity index (χ4v) is 1.62. The number of benzene rings is 1.